The van der Waals surface area contributed by atoms with Gasteiger partial charge >= 0.3 is 16.0 Å². The summed E-state index contributed by atoms with van der Waals surface area (Å²) in [7, 11) is 3.89. The molecular formula is C36H30CoN13O8S2-. The summed E-state index contributed by atoms with van der Waals surface area (Å²) in [6.07, 6.45) is 13.1. The first kappa shape index (κ1) is 45.2. The molecule has 3 aromatic heterocycles. The second-order valence-corrected chi connectivity index (χ2v) is 13.7. The van der Waals surface area contributed by atoms with Gasteiger partial charge in [0.2, 0.25) is 0 Å². The molecule has 0 spiro atoms. The molecule has 7 rings (SSSR count). The van der Waals surface area contributed by atoms with Crippen LogP contribution in [0.4, 0.5) is 33.0 Å². The minimum atomic E-state index is -0.583. The fraction of sp³-hybridized carbons (Fsp3) is 0.0833. The molecule has 0 fully saturated rings. The Morgan fingerprint density at radius 3 is 1.60 bits per heavy atom. The van der Waals surface area contributed by atoms with E-state index in [9.17, 15) is 40.0 Å². The molecule has 21 nitrogen and oxygen atoms in total. The Morgan fingerprint density at radius 2 is 1.20 bits per heavy atom. The number of hydrogen-bond donors (Lipinski definition) is 3. The van der Waals surface area contributed by atoms with Crippen LogP contribution in [0.3, 0.4) is 0 Å². The van der Waals surface area contributed by atoms with E-state index < -0.39 is 9.85 Å². The number of carbonyl (C=O) groups excluding carboxylic acids is 2. The molecule has 0 saturated carbocycles. The van der Waals surface area contributed by atoms with Crippen molar-refractivity contribution in [3.63, 3.8) is 0 Å². The Morgan fingerprint density at radius 1 is 0.733 bits per heavy atom. The minimum absolute atomic E-state index is 0. The van der Waals surface area contributed by atoms with Crippen LogP contribution >= 0.6 is 22.7 Å². The number of benzene rings is 2. The van der Waals surface area contributed by atoms with Gasteiger partial charge in [-0.3, -0.25) is 40.0 Å². The van der Waals surface area contributed by atoms with Gasteiger partial charge in [-0.2, -0.15) is 0 Å². The number of hydrogen-bond acceptors (Lipinski definition) is 17. The van der Waals surface area contributed by atoms with Gasteiger partial charge in [-0.15, -0.1) is 0 Å². The minimum Gasteiger partial charge on any atom is -0.506 e. The number of allylic oxidation sites excluding steroid dienone is 6. The van der Waals surface area contributed by atoms with Crippen molar-refractivity contribution in [3.05, 3.63) is 157 Å². The van der Waals surface area contributed by atoms with E-state index in [0.717, 1.165) is 70.2 Å². The molecule has 60 heavy (non-hydrogen) atoms. The number of anilines is 2. The normalized spacial score (nSPS) is 15.2. The van der Waals surface area contributed by atoms with Crippen molar-refractivity contribution in [2.24, 2.45) is 44.7 Å². The molecule has 2 aliphatic rings. The van der Waals surface area contributed by atoms with Crippen LogP contribution in [0.1, 0.15) is 5.56 Å². The van der Waals surface area contributed by atoms with Crippen molar-refractivity contribution in [2.75, 3.05) is 5.32 Å². The average Bonchev–Trinajstić information content (AvgIpc) is 3.96. The van der Waals surface area contributed by atoms with Crippen molar-refractivity contribution in [1.29, 1.82) is 0 Å². The van der Waals surface area contributed by atoms with Crippen LogP contribution in [0.25, 0.3) is 0 Å². The topological polar surface area (TPSA) is 284 Å². The van der Waals surface area contributed by atoms with Crippen molar-refractivity contribution in [2.45, 2.75) is 6.92 Å². The molecule has 3 heterocycles. The number of thiazole rings is 2. The number of aromatic nitrogens is 4. The van der Waals surface area contributed by atoms with Crippen molar-refractivity contribution < 1.29 is 51.0 Å². The average molecular weight is 896 g/mol. The second-order valence-electron chi connectivity index (χ2n) is 11.7. The van der Waals surface area contributed by atoms with Gasteiger partial charge in [-0.05, 0) is 67.6 Å². The summed E-state index contributed by atoms with van der Waals surface area (Å²) < 4.78 is 3.85. The van der Waals surface area contributed by atoms with Crippen LogP contribution in [0, 0.1) is 27.2 Å². The van der Waals surface area contributed by atoms with Gasteiger partial charge in [0.25, 0.3) is 0 Å². The van der Waals surface area contributed by atoms with Gasteiger partial charge < -0.3 is 35.7 Å². The molecule has 1 radical (unpaired) electrons. The Kier molecular flexibility index (Phi) is 16.0. The van der Waals surface area contributed by atoms with Gasteiger partial charge in [-0.25, -0.2) is 9.13 Å². The predicted molar refractivity (Wildman–Crippen MR) is 216 cm³/mol. The summed E-state index contributed by atoms with van der Waals surface area (Å²) in [6, 6.07) is 16.2. The largest absolute Gasteiger partial charge is 0.506 e. The van der Waals surface area contributed by atoms with Crippen LogP contribution < -0.4 is 29.5 Å². The van der Waals surface area contributed by atoms with Crippen LogP contribution in [0.5, 0.6) is 0 Å². The monoisotopic (exact) mass is 895 g/mol. The fourth-order valence-corrected chi connectivity index (χ4v) is 5.49. The number of nitro groups is 2. The zero-order valence-electron chi connectivity index (χ0n) is 31.3. The number of imidazole rings is 1. The standard InChI is InChI=1S/C18H19N5.2C9H6N4O4S.Co/c1-14-4-6-15(7-5-14)19-16-8-10-17(11-9-16)20-21-18-22(2)12-13-23(18)3;2*14-5-1-2-6(7(15)3-5)11-12-9-10-4-8(18-9)13(16)17;/h4-13H,1-3H3;2*1-4H,(H2,10,12,14,15);/p-1. The Labute approximate surface area is 356 Å². The maximum atomic E-state index is 10.9. The number of ketones is 2. The Hall–Kier alpha value is -7.54. The maximum Gasteiger partial charge on any atom is 0.421 e. The third kappa shape index (κ3) is 13.3. The Balaban J connectivity index is 0.000000199. The van der Waals surface area contributed by atoms with Gasteiger partial charge in [0.1, 0.15) is 28.6 Å². The maximum absolute atomic E-state index is 10.9. The van der Waals surface area contributed by atoms with Crippen LogP contribution in [0.15, 0.2) is 152 Å². The first-order valence-corrected chi connectivity index (χ1v) is 18.3. The van der Waals surface area contributed by atoms with Crippen molar-refractivity contribution >= 4 is 78.7 Å². The van der Waals surface area contributed by atoms with E-state index in [0.29, 0.717) is 0 Å². The van der Waals surface area contributed by atoms with Gasteiger partial charge in [-0.1, -0.05) is 45.5 Å². The fourth-order valence-electron chi connectivity index (χ4n) is 4.38. The summed E-state index contributed by atoms with van der Waals surface area (Å²) in [6.45, 7) is 2.08. The third-order valence-electron chi connectivity index (χ3n) is 7.31. The summed E-state index contributed by atoms with van der Waals surface area (Å²) in [5, 5.41) is 65.8. The predicted octanol–water partition coefficient (Wildman–Crippen LogP) is 5.22. The first-order valence-electron chi connectivity index (χ1n) is 16.6. The van der Waals surface area contributed by atoms with E-state index in [1.54, 1.807) is 0 Å². The zero-order valence-corrected chi connectivity index (χ0v) is 33.9. The summed E-state index contributed by atoms with van der Waals surface area (Å²) >= 11 is 1.51. The molecule has 5 aromatic rings. The van der Waals surface area contributed by atoms with Crippen LogP contribution in [-0.2, 0) is 40.5 Å². The SMILES string of the molecule is Cc1ccc(Nc2ccc(N=Nc3n(C)cc[n+]3C)cc2)cc1.O=C1C=CC(=NN=c2[n-]cc([N+](=O)[O-])s2)C(O)=C1.O=C1C=CC(=NN=c2[n-]cc([N+](=O)[O-])s2)C(O)=C1.[Co]. The van der Waals surface area contributed by atoms with Crippen molar-refractivity contribution in [1.82, 2.24) is 14.5 Å². The molecule has 0 amide bonds. The smallest absolute Gasteiger partial charge is 0.421 e. The van der Waals surface area contributed by atoms with E-state index in [-0.39, 0.29) is 70.9 Å². The number of aliphatic hydroxyl groups is 2. The molecule has 0 aliphatic heterocycles. The molecule has 0 bridgehead atoms. The van der Waals surface area contributed by atoms with Gasteiger partial charge in [0.05, 0.1) is 36.3 Å². The number of nitrogens with one attached hydrogen (secondary N) is 1. The van der Waals surface area contributed by atoms with Gasteiger partial charge in [0, 0.05) is 67.4 Å². The van der Waals surface area contributed by atoms with Gasteiger partial charge in [0.15, 0.2) is 11.6 Å². The molecule has 309 valence electrons. The van der Waals surface area contributed by atoms with Crippen LogP contribution in [-0.4, -0.2) is 47.6 Å². The molecule has 0 unspecified atom stereocenters. The summed E-state index contributed by atoms with van der Waals surface area (Å²) in [4.78, 5) is 48.9. The van der Waals surface area contributed by atoms with E-state index in [4.69, 9.17) is 0 Å². The third-order valence-corrected chi connectivity index (χ3v) is 8.98. The van der Waals surface area contributed by atoms with Crippen LogP contribution in [0.2, 0.25) is 0 Å². The molecule has 2 aromatic carbocycles. The molecule has 3 N–H and O–H groups in total. The summed E-state index contributed by atoms with van der Waals surface area (Å²) in [5.41, 5.74) is 4.35. The summed E-state index contributed by atoms with van der Waals surface area (Å²) in [5.74, 6) is -0.519. The number of azo groups is 1. The van der Waals surface area contributed by atoms with E-state index in [1.807, 2.05) is 59.9 Å². The number of carbonyl (C=O) groups is 2. The second kappa shape index (κ2) is 21.3. The van der Waals surface area contributed by atoms with E-state index in [2.05, 4.69) is 77.1 Å². The van der Waals surface area contributed by atoms with E-state index in [1.165, 1.54) is 29.9 Å². The molecular weight excluding hydrogens is 866 g/mol. The molecule has 0 atom stereocenters. The quantitative estimate of drug-likeness (QED) is 0.0597. The first-order chi connectivity index (χ1) is 28.2. The number of nitrogens with zero attached hydrogens (tertiary/aromatic N) is 12. The molecule has 0 saturated heterocycles. The zero-order chi connectivity index (χ0) is 42.5. The molecule has 24 heteroatoms. The van der Waals surface area contributed by atoms with Crippen molar-refractivity contribution in [3.8, 4) is 0 Å². The number of aliphatic hydroxyl groups excluding tert-OH is 2. The number of aryl methyl sites for hydroxylation is 3. The molecule has 2 aliphatic carbocycles. The van der Waals surface area contributed by atoms with E-state index >= 15 is 0 Å². The number of rotatable bonds is 8. The Bertz CT molecular complexity index is 2610.